The first-order valence-corrected chi connectivity index (χ1v) is 10.8. The molecule has 0 spiro atoms. The van der Waals surface area contributed by atoms with Crippen molar-refractivity contribution in [3.05, 3.63) is 57.0 Å². The fraction of sp³-hybridized carbons (Fsp3) is 0.500. The summed E-state index contributed by atoms with van der Waals surface area (Å²) in [5.41, 5.74) is 2.34. The molecule has 0 bridgehead atoms. The normalized spacial score (nSPS) is 14.6. The Hall–Kier alpha value is -2.74. The topological polar surface area (TPSA) is 92.5 Å². The van der Waals surface area contributed by atoms with Crippen LogP contribution in [0.3, 0.4) is 0 Å². The number of non-ortho nitro benzene ring substituents is 1. The van der Waals surface area contributed by atoms with Gasteiger partial charge in [0.15, 0.2) is 0 Å². The molecule has 1 aliphatic heterocycles. The lowest BCUT2D eigenvalue weighted by Crippen LogP contribution is -2.53. The molecule has 1 aliphatic rings. The fourth-order valence-corrected chi connectivity index (χ4v) is 3.85. The molecule has 0 unspecified atom stereocenters. The molecule has 3 rings (SSSR count). The van der Waals surface area contributed by atoms with Gasteiger partial charge in [0.2, 0.25) is 5.91 Å². The van der Waals surface area contributed by atoms with E-state index >= 15 is 0 Å². The third kappa shape index (κ3) is 5.12. The summed E-state index contributed by atoms with van der Waals surface area (Å²) < 4.78 is 0. The van der Waals surface area contributed by atoms with Crippen molar-refractivity contribution in [1.29, 1.82) is 0 Å². The van der Waals surface area contributed by atoms with E-state index in [0.717, 1.165) is 22.6 Å². The van der Waals surface area contributed by atoms with Crippen LogP contribution in [-0.4, -0.2) is 57.8 Å². The van der Waals surface area contributed by atoms with Crippen molar-refractivity contribution in [3.8, 4) is 0 Å². The van der Waals surface area contributed by atoms with Gasteiger partial charge in [-0.2, -0.15) is 0 Å². The first kappa shape index (κ1) is 22.9. The first-order chi connectivity index (χ1) is 14.6. The van der Waals surface area contributed by atoms with Crippen molar-refractivity contribution in [1.82, 2.24) is 14.9 Å². The molecule has 31 heavy (non-hydrogen) atoms. The Morgan fingerprint density at radius 3 is 2.29 bits per heavy atom. The fourth-order valence-electron chi connectivity index (χ4n) is 3.73. The third-order valence-corrected chi connectivity index (χ3v) is 6.28. The molecular formula is C22H28ClN5O3. The van der Waals surface area contributed by atoms with Gasteiger partial charge >= 0.3 is 0 Å². The minimum Gasteiger partial charge on any atom is -0.353 e. The first-order valence-electron chi connectivity index (χ1n) is 10.3. The van der Waals surface area contributed by atoms with Gasteiger partial charge < -0.3 is 9.80 Å². The van der Waals surface area contributed by atoms with Gasteiger partial charge in [-0.15, -0.1) is 11.6 Å². The van der Waals surface area contributed by atoms with Crippen LogP contribution in [0.1, 0.15) is 36.5 Å². The van der Waals surface area contributed by atoms with E-state index in [1.807, 2.05) is 32.6 Å². The molecule has 8 nitrogen and oxygen atoms in total. The van der Waals surface area contributed by atoms with Crippen LogP contribution in [0, 0.1) is 29.4 Å². The van der Waals surface area contributed by atoms with E-state index in [2.05, 4.69) is 9.88 Å². The number of piperazine rings is 1. The predicted octanol–water partition coefficient (Wildman–Crippen LogP) is 3.51. The maximum absolute atomic E-state index is 12.7. The van der Waals surface area contributed by atoms with Crippen LogP contribution in [0.15, 0.2) is 24.3 Å². The number of carbonyl (C=O) groups is 1. The quantitative estimate of drug-likeness (QED) is 0.384. The van der Waals surface area contributed by atoms with E-state index in [4.69, 9.17) is 16.6 Å². The molecule has 1 amide bonds. The minimum atomic E-state index is -0.576. The summed E-state index contributed by atoms with van der Waals surface area (Å²) in [5.74, 6) is 1.92. The SMILES string of the molecule is Cc1nc(C)c(Cc2ccc([N+](=O)[O-])cc2)c(N2CCN(C(=O)C(C)(C)CCl)CC2)n1. The zero-order valence-corrected chi connectivity index (χ0v) is 19.1. The highest BCUT2D eigenvalue weighted by molar-refractivity contribution is 6.19. The lowest BCUT2D eigenvalue weighted by molar-refractivity contribution is -0.384. The molecule has 0 saturated carbocycles. The van der Waals surface area contributed by atoms with E-state index in [0.29, 0.717) is 38.4 Å². The van der Waals surface area contributed by atoms with E-state index in [1.165, 1.54) is 12.1 Å². The number of carbonyl (C=O) groups excluding carboxylic acids is 1. The summed E-state index contributed by atoms with van der Waals surface area (Å²) in [5, 5.41) is 10.9. The average molecular weight is 446 g/mol. The van der Waals surface area contributed by atoms with Gasteiger partial charge in [-0.25, -0.2) is 9.97 Å². The number of alkyl halides is 1. The summed E-state index contributed by atoms with van der Waals surface area (Å²) in [6, 6.07) is 6.57. The molecule has 166 valence electrons. The summed E-state index contributed by atoms with van der Waals surface area (Å²) in [7, 11) is 0. The molecule has 0 atom stereocenters. The largest absolute Gasteiger partial charge is 0.353 e. The van der Waals surface area contributed by atoms with Gasteiger partial charge in [-0.05, 0) is 33.3 Å². The van der Waals surface area contributed by atoms with Crippen LogP contribution >= 0.6 is 11.6 Å². The number of nitro groups is 1. The van der Waals surface area contributed by atoms with Crippen molar-refractivity contribution in [2.75, 3.05) is 37.0 Å². The summed E-state index contributed by atoms with van der Waals surface area (Å²) in [4.78, 5) is 36.6. The number of nitro benzene ring substituents is 1. The Balaban J connectivity index is 1.81. The second-order valence-electron chi connectivity index (χ2n) is 8.56. The van der Waals surface area contributed by atoms with Gasteiger partial charge in [0.1, 0.15) is 11.6 Å². The third-order valence-electron chi connectivity index (χ3n) is 5.61. The van der Waals surface area contributed by atoms with Gasteiger partial charge in [-0.1, -0.05) is 12.1 Å². The second kappa shape index (κ2) is 9.18. The predicted molar refractivity (Wildman–Crippen MR) is 121 cm³/mol. The molecule has 9 heteroatoms. The maximum Gasteiger partial charge on any atom is 0.269 e. The Bertz CT molecular complexity index is 970. The highest BCUT2D eigenvalue weighted by Crippen LogP contribution is 2.27. The van der Waals surface area contributed by atoms with Gasteiger partial charge in [0, 0.05) is 61.9 Å². The molecule has 1 saturated heterocycles. The number of anilines is 1. The molecule has 1 fully saturated rings. The number of hydrogen-bond acceptors (Lipinski definition) is 6. The van der Waals surface area contributed by atoms with Gasteiger partial charge in [0.05, 0.1) is 10.3 Å². The van der Waals surface area contributed by atoms with Crippen molar-refractivity contribution < 1.29 is 9.72 Å². The van der Waals surface area contributed by atoms with Crippen LogP contribution < -0.4 is 4.90 Å². The standard InChI is InChI=1S/C22H28ClN5O3/c1-15-19(13-17-5-7-18(8-6-17)28(30)31)20(25-16(2)24-15)26-9-11-27(12-10-26)21(29)22(3,4)14-23/h5-8H,9-14H2,1-4H3. The number of nitrogens with zero attached hydrogens (tertiary/aromatic N) is 5. The number of halogens is 1. The van der Waals surface area contributed by atoms with Crippen LogP contribution in [0.5, 0.6) is 0 Å². The second-order valence-corrected chi connectivity index (χ2v) is 8.82. The van der Waals surface area contributed by atoms with E-state index in [9.17, 15) is 14.9 Å². The summed E-state index contributed by atoms with van der Waals surface area (Å²) >= 11 is 5.98. The smallest absolute Gasteiger partial charge is 0.269 e. The summed E-state index contributed by atoms with van der Waals surface area (Å²) in [6.45, 7) is 10.1. The average Bonchev–Trinajstić information content (AvgIpc) is 2.75. The number of aryl methyl sites for hydroxylation is 2. The molecule has 1 aromatic heterocycles. The lowest BCUT2D eigenvalue weighted by Gasteiger charge is -2.39. The summed E-state index contributed by atoms with van der Waals surface area (Å²) in [6.07, 6.45) is 0.581. The zero-order chi connectivity index (χ0) is 22.8. The zero-order valence-electron chi connectivity index (χ0n) is 18.4. The van der Waals surface area contributed by atoms with Crippen LogP contribution in [0.4, 0.5) is 11.5 Å². The van der Waals surface area contributed by atoms with E-state index < -0.39 is 10.3 Å². The van der Waals surface area contributed by atoms with Crippen molar-refractivity contribution in [2.45, 2.75) is 34.1 Å². The number of aromatic nitrogens is 2. The Kier molecular flexibility index (Phi) is 6.79. The number of amides is 1. The van der Waals surface area contributed by atoms with E-state index in [-0.39, 0.29) is 17.5 Å². The number of rotatable bonds is 6. The van der Waals surface area contributed by atoms with Crippen LogP contribution in [-0.2, 0) is 11.2 Å². The Labute approximate surface area is 187 Å². The Morgan fingerprint density at radius 1 is 1.13 bits per heavy atom. The highest BCUT2D eigenvalue weighted by atomic mass is 35.5. The number of hydrogen-bond donors (Lipinski definition) is 0. The minimum absolute atomic E-state index is 0.0708. The number of benzene rings is 1. The molecule has 0 aliphatic carbocycles. The molecule has 2 aromatic rings. The van der Waals surface area contributed by atoms with Crippen molar-refractivity contribution >= 4 is 29.0 Å². The van der Waals surface area contributed by atoms with Gasteiger partial charge in [-0.3, -0.25) is 14.9 Å². The van der Waals surface area contributed by atoms with Crippen molar-refractivity contribution in [2.24, 2.45) is 5.41 Å². The molecule has 0 N–H and O–H groups in total. The monoisotopic (exact) mass is 445 g/mol. The van der Waals surface area contributed by atoms with E-state index in [1.54, 1.807) is 12.1 Å². The van der Waals surface area contributed by atoms with Crippen molar-refractivity contribution in [3.63, 3.8) is 0 Å². The molecule has 2 heterocycles. The molecule has 1 aromatic carbocycles. The van der Waals surface area contributed by atoms with Crippen LogP contribution in [0.25, 0.3) is 0 Å². The molecular weight excluding hydrogens is 418 g/mol. The molecule has 0 radical (unpaired) electrons. The maximum atomic E-state index is 12.7. The lowest BCUT2D eigenvalue weighted by atomic mass is 9.94. The van der Waals surface area contributed by atoms with Gasteiger partial charge in [0.25, 0.3) is 5.69 Å². The highest BCUT2D eigenvalue weighted by Gasteiger charge is 2.33. The Morgan fingerprint density at radius 2 is 1.74 bits per heavy atom. The van der Waals surface area contributed by atoms with Crippen LogP contribution in [0.2, 0.25) is 0 Å².